The number of carbonyl (C=O) groups excluding carboxylic acids is 2. The molecule has 1 aliphatic heterocycles. The molecule has 0 aliphatic carbocycles. The maximum atomic E-state index is 13.8. The van der Waals surface area contributed by atoms with Crippen molar-refractivity contribution in [1.82, 2.24) is 4.90 Å². The monoisotopic (exact) mass is 642 g/mol. The minimum Gasteiger partial charge on any atom is -0.401 e. The first kappa shape index (κ1) is 31.8. The van der Waals surface area contributed by atoms with Gasteiger partial charge in [0.15, 0.2) is 0 Å². The van der Waals surface area contributed by atoms with E-state index in [2.05, 4.69) is 13.2 Å². The van der Waals surface area contributed by atoms with Crippen LogP contribution in [0.2, 0.25) is 10.0 Å². The molecule has 2 aromatic carbocycles. The third kappa shape index (κ3) is 6.73. The van der Waals surface area contributed by atoms with Gasteiger partial charge in [0.2, 0.25) is 17.0 Å². The normalized spacial score (nSPS) is 15.6. The summed E-state index contributed by atoms with van der Waals surface area (Å²) in [6.45, 7) is 10.2. The van der Waals surface area contributed by atoms with Crippen molar-refractivity contribution in [1.29, 1.82) is 0 Å². The molecule has 1 saturated heterocycles. The van der Waals surface area contributed by atoms with Crippen molar-refractivity contribution in [3.05, 3.63) is 100 Å². The SMILES string of the molecule is C=C/C=C(\C=C)C1(C(N)=O)CCN(C(=O)c2cc(-c3ccc(OS(=O)CCC)cc3)c(-c3ccc(Cl)cc3Cl)s2)CC1. The molecule has 42 heavy (non-hydrogen) atoms. The third-order valence-electron chi connectivity index (χ3n) is 7.29. The second kappa shape index (κ2) is 13.9. The predicted molar refractivity (Wildman–Crippen MR) is 174 cm³/mol. The first-order valence-corrected chi connectivity index (χ1v) is 16.3. The van der Waals surface area contributed by atoms with E-state index < -0.39 is 22.4 Å². The van der Waals surface area contributed by atoms with Crippen LogP contribution in [-0.2, 0) is 15.9 Å². The molecule has 1 unspecified atom stereocenters. The number of hydrogen-bond acceptors (Lipinski definition) is 5. The van der Waals surface area contributed by atoms with E-state index in [1.807, 2.05) is 31.2 Å². The second-order valence-corrected chi connectivity index (χ2v) is 13.0. The zero-order valence-corrected chi connectivity index (χ0v) is 26.4. The summed E-state index contributed by atoms with van der Waals surface area (Å²) in [6, 6.07) is 14.4. The van der Waals surface area contributed by atoms with Gasteiger partial charge >= 0.3 is 0 Å². The largest absolute Gasteiger partial charge is 0.401 e. The van der Waals surface area contributed by atoms with Crippen molar-refractivity contribution in [2.45, 2.75) is 26.2 Å². The van der Waals surface area contributed by atoms with Crippen LogP contribution in [-0.4, -0.2) is 39.8 Å². The van der Waals surface area contributed by atoms with E-state index in [1.165, 1.54) is 11.3 Å². The van der Waals surface area contributed by atoms with Crippen LogP contribution in [0.1, 0.15) is 35.9 Å². The summed E-state index contributed by atoms with van der Waals surface area (Å²) in [6.07, 6.45) is 6.52. The van der Waals surface area contributed by atoms with Gasteiger partial charge in [-0.25, -0.2) is 4.21 Å². The lowest BCUT2D eigenvalue weighted by Crippen LogP contribution is -2.49. The van der Waals surface area contributed by atoms with E-state index in [9.17, 15) is 13.8 Å². The molecule has 1 fully saturated rings. The van der Waals surface area contributed by atoms with E-state index in [4.69, 9.17) is 33.1 Å². The van der Waals surface area contributed by atoms with Gasteiger partial charge in [-0.15, -0.1) is 11.3 Å². The van der Waals surface area contributed by atoms with Crippen molar-refractivity contribution in [2.24, 2.45) is 11.1 Å². The average Bonchev–Trinajstić information content (AvgIpc) is 3.41. The Labute approximate surface area is 263 Å². The smallest absolute Gasteiger partial charge is 0.263 e. The van der Waals surface area contributed by atoms with Crippen LogP contribution < -0.4 is 9.92 Å². The Balaban J connectivity index is 1.67. The number of likely N-dealkylation sites (tertiary alicyclic amines) is 1. The zero-order valence-electron chi connectivity index (χ0n) is 23.2. The maximum Gasteiger partial charge on any atom is 0.263 e. The Kier molecular flexibility index (Phi) is 10.5. The third-order valence-corrected chi connectivity index (χ3v) is 10.1. The molecule has 1 aliphatic rings. The number of rotatable bonds is 11. The van der Waals surface area contributed by atoms with Crippen LogP contribution in [0.5, 0.6) is 5.75 Å². The number of piperidine rings is 1. The molecule has 0 saturated carbocycles. The van der Waals surface area contributed by atoms with Crippen molar-refractivity contribution >= 4 is 57.4 Å². The van der Waals surface area contributed by atoms with E-state index in [0.29, 0.717) is 57.9 Å². The van der Waals surface area contributed by atoms with Gasteiger partial charge in [-0.2, -0.15) is 0 Å². The highest BCUT2D eigenvalue weighted by Crippen LogP contribution is 2.45. The van der Waals surface area contributed by atoms with E-state index in [0.717, 1.165) is 28.0 Å². The molecule has 6 nitrogen and oxygen atoms in total. The van der Waals surface area contributed by atoms with Gasteiger partial charge in [0.1, 0.15) is 5.75 Å². The number of nitrogens with two attached hydrogens (primary N) is 1. The predicted octanol–water partition coefficient (Wildman–Crippen LogP) is 7.85. The number of halogens is 2. The topological polar surface area (TPSA) is 89.7 Å². The number of carbonyl (C=O) groups is 2. The molecule has 2 amide bonds. The fourth-order valence-corrected chi connectivity index (χ4v) is 7.55. The summed E-state index contributed by atoms with van der Waals surface area (Å²) in [5.41, 5.74) is 8.08. The number of nitrogens with zero attached hydrogens (tertiary/aromatic N) is 1. The fourth-order valence-electron chi connectivity index (χ4n) is 5.06. The lowest BCUT2D eigenvalue weighted by Gasteiger charge is -2.40. The number of benzene rings is 2. The highest BCUT2D eigenvalue weighted by molar-refractivity contribution is 7.80. The van der Waals surface area contributed by atoms with E-state index in [-0.39, 0.29) is 5.91 Å². The molecular weight excluding hydrogens is 611 g/mol. The van der Waals surface area contributed by atoms with Crippen LogP contribution in [0.4, 0.5) is 0 Å². The van der Waals surface area contributed by atoms with Crippen LogP contribution >= 0.6 is 34.5 Å². The maximum absolute atomic E-state index is 13.8. The van der Waals surface area contributed by atoms with Crippen LogP contribution in [0.25, 0.3) is 21.6 Å². The first-order chi connectivity index (χ1) is 20.1. The van der Waals surface area contributed by atoms with Crippen LogP contribution in [0.15, 0.2) is 85.5 Å². The lowest BCUT2D eigenvalue weighted by molar-refractivity contribution is -0.127. The molecule has 1 aromatic heterocycles. The van der Waals surface area contributed by atoms with Crippen molar-refractivity contribution in [2.75, 3.05) is 18.8 Å². The zero-order chi connectivity index (χ0) is 30.4. The van der Waals surface area contributed by atoms with Gasteiger partial charge < -0.3 is 14.8 Å². The standard InChI is InChI=1S/C32H32Cl2N2O4S2/c1-4-7-22(6-3)32(31(35)38)14-16-36(17-15-32)30(37)28-20-26(29(41-28)25-13-10-23(33)19-27(25)34)21-8-11-24(12-9-21)40-42(39)18-5-2/h4,6-13,19-20H,1,3,5,14-18H2,2H3,(H2,35,38)/b22-7+. The molecule has 3 aromatic rings. The molecule has 4 rings (SSSR count). The summed E-state index contributed by atoms with van der Waals surface area (Å²) >= 11 is 12.7. The molecular formula is C32H32Cl2N2O4S2. The summed E-state index contributed by atoms with van der Waals surface area (Å²) < 4.78 is 17.6. The van der Waals surface area contributed by atoms with Crippen molar-refractivity contribution < 1.29 is 18.0 Å². The molecule has 0 bridgehead atoms. The molecule has 2 N–H and O–H groups in total. The Morgan fingerprint density at radius 2 is 1.79 bits per heavy atom. The van der Waals surface area contributed by atoms with Gasteiger partial charge in [-0.05, 0) is 60.7 Å². The van der Waals surface area contributed by atoms with Gasteiger partial charge in [-0.3, -0.25) is 9.59 Å². The number of allylic oxidation sites excluding steroid dienone is 3. The number of thiophene rings is 1. The van der Waals surface area contributed by atoms with Gasteiger partial charge in [0.25, 0.3) is 5.91 Å². The number of primary amides is 1. The second-order valence-electron chi connectivity index (χ2n) is 9.89. The molecule has 0 radical (unpaired) electrons. The van der Waals surface area contributed by atoms with Gasteiger partial charge in [0, 0.05) is 34.1 Å². The number of hydrogen-bond donors (Lipinski definition) is 1. The van der Waals surface area contributed by atoms with Crippen LogP contribution in [0, 0.1) is 5.41 Å². The van der Waals surface area contributed by atoms with Crippen molar-refractivity contribution in [3.63, 3.8) is 0 Å². The van der Waals surface area contributed by atoms with E-state index in [1.54, 1.807) is 47.4 Å². The van der Waals surface area contributed by atoms with Crippen molar-refractivity contribution in [3.8, 4) is 27.3 Å². The van der Waals surface area contributed by atoms with E-state index >= 15 is 0 Å². The number of amides is 2. The Hall–Kier alpha value is -3.17. The molecule has 0 spiro atoms. The summed E-state index contributed by atoms with van der Waals surface area (Å²) in [5.74, 6) is 0.372. The highest BCUT2D eigenvalue weighted by Gasteiger charge is 2.43. The molecule has 1 atom stereocenters. The van der Waals surface area contributed by atoms with Crippen LogP contribution in [0.3, 0.4) is 0 Å². The summed E-state index contributed by atoms with van der Waals surface area (Å²) in [5, 5.41) is 0.977. The Bertz CT molecular complexity index is 1550. The highest BCUT2D eigenvalue weighted by atomic mass is 35.5. The first-order valence-electron chi connectivity index (χ1n) is 13.4. The van der Waals surface area contributed by atoms with Gasteiger partial charge in [-0.1, -0.05) is 79.7 Å². The summed E-state index contributed by atoms with van der Waals surface area (Å²) in [7, 11) is 0. The summed E-state index contributed by atoms with van der Waals surface area (Å²) in [4.78, 5) is 29.5. The minimum atomic E-state index is -1.40. The average molecular weight is 644 g/mol. The Morgan fingerprint density at radius 1 is 1.10 bits per heavy atom. The lowest BCUT2D eigenvalue weighted by atomic mass is 9.71. The molecule has 2 heterocycles. The fraction of sp³-hybridized carbons (Fsp3) is 0.250. The molecule has 10 heteroatoms. The quantitative estimate of drug-likeness (QED) is 0.216. The minimum absolute atomic E-state index is 0.140. The Morgan fingerprint density at radius 3 is 2.36 bits per heavy atom. The molecule has 220 valence electrons. The van der Waals surface area contributed by atoms with Gasteiger partial charge in [0.05, 0.1) is 21.1 Å².